The summed E-state index contributed by atoms with van der Waals surface area (Å²) in [5, 5.41) is 0.760. The van der Waals surface area contributed by atoms with E-state index in [2.05, 4.69) is 11.0 Å². The molecule has 2 atom stereocenters. The standard InChI is InChI=1S/C16H23ClN2O2/c1-2-21-16(20)11-19-9-13(8-15(18)10-19)6-12-4-3-5-14(17)7-12/h3-5,7,13,15H,2,6,8-11,18H2,1H3. The highest BCUT2D eigenvalue weighted by molar-refractivity contribution is 6.30. The van der Waals surface area contributed by atoms with E-state index in [1.54, 1.807) is 0 Å². The van der Waals surface area contributed by atoms with Gasteiger partial charge in [0.2, 0.25) is 0 Å². The third-order valence-corrected chi connectivity index (χ3v) is 3.95. The van der Waals surface area contributed by atoms with Crippen LogP contribution in [0.5, 0.6) is 0 Å². The normalized spacial score (nSPS) is 23.0. The summed E-state index contributed by atoms with van der Waals surface area (Å²) >= 11 is 6.03. The van der Waals surface area contributed by atoms with Crippen molar-refractivity contribution >= 4 is 17.6 Å². The first-order valence-corrected chi connectivity index (χ1v) is 7.82. The van der Waals surface area contributed by atoms with Crippen molar-refractivity contribution in [3.63, 3.8) is 0 Å². The summed E-state index contributed by atoms with van der Waals surface area (Å²) in [6.45, 7) is 4.20. The van der Waals surface area contributed by atoms with E-state index in [0.29, 0.717) is 19.1 Å². The van der Waals surface area contributed by atoms with Crippen LogP contribution in [0.2, 0.25) is 5.02 Å². The summed E-state index contributed by atoms with van der Waals surface area (Å²) in [4.78, 5) is 13.7. The molecule has 1 aromatic carbocycles. The molecule has 0 spiro atoms. The van der Waals surface area contributed by atoms with E-state index in [9.17, 15) is 4.79 Å². The zero-order valence-electron chi connectivity index (χ0n) is 12.4. The van der Waals surface area contributed by atoms with Gasteiger partial charge in [0.05, 0.1) is 13.2 Å². The third kappa shape index (κ3) is 5.30. The van der Waals surface area contributed by atoms with E-state index in [1.165, 1.54) is 5.56 Å². The first-order chi connectivity index (χ1) is 10.1. The maximum atomic E-state index is 11.6. The van der Waals surface area contributed by atoms with Gasteiger partial charge in [-0.3, -0.25) is 9.69 Å². The predicted octanol–water partition coefficient (Wildman–Crippen LogP) is 2.09. The van der Waals surface area contributed by atoms with Gasteiger partial charge in [0.25, 0.3) is 0 Å². The molecule has 2 rings (SSSR count). The van der Waals surface area contributed by atoms with E-state index in [0.717, 1.165) is 31.0 Å². The lowest BCUT2D eigenvalue weighted by Crippen LogP contribution is -2.49. The minimum absolute atomic E-state index is 0.109. The number of hydrogen-bond acceptors (Lipinski definition) is 4. The largest absolute Gasteiger partial charge is 0.465 e. The summed E-state index contributed by atoms with van der Waals surface area (Å²) in [6, 6.07) is 8.04. The molecule has 4 nitrogen and oxygen atoms in total. The average Bonchev–Trinajstić information content (AvgIpc) is 2.38. The molecule has 1 saturated heterocycles. The quantitative estimate of drug-likeness (QED) is 0.846. The number of rotatable bonds is 5. The Morgan fingerprint density at radius 2 is 2.29 bits per heavy atom. The maximum Gasteiger partial charge on any atom is 0.320 e. The highest BCUT2D eigenvalue weighted by Gasteiger charge is 2.26. The zero-order chi connectivity index (χ0) is 15.2. The molecule has 1 aromatic rings. The van der Waals surface area contributed by atoms with Crippen LogP contribution in [0.1, 0.15) is 18.9 Å². The fraction of sp³-hybridized carbons (Fsp3) is 0.562. The summed E-state index contributed by atoms with van der Waals surface area (Å²) in [5.74, 6) is 0.273. The van der Waals surface area contributed by atoms with Gasteiger partial charge < -0.3 is 10.5 Å². The van der Waals surface area contributed by atoms with Crippen LogP contribution in [0.15, 0.2) is 24.3 Å². The number of piperidine rings is 1. The van der Waals surface area contributed by atoms with Crippen LogP contribution in [-0.4, -0.2) is 43.2 Å². The predicted molar refractivity (Wildman–Crippen MR) is 84.3 cm³/mol. The van der Waals surface area contributed by atoms with Gasteiger partial charge in [-0.05, 0) is 43.4 Å². The van der Waals surface area contributed by atoms with Crippen LogP contribution in [0.3, 0.4) is 0 Å². The Morgan fingerprint density at radius 1 is 1.48 bits per heavy atom. The highest BCUT2D eigenvalue weighted by Crippen LogP contribution is 2.22. The fourth-order valence-corrected chi connectivity index (χ4v) is 3.22. The summed E-state index contributed by atoms with van der Waals surface area (Å²) in [7, 11) is 0. The number of hydrogen-bond donors (Lipinski definition) is 1. The molecule has 0 saturated carbocycles. The third-order valence-electron chi connectivity index (χ3n) is 3.72. The molecule has 1 aliphatic rings. The number of ether oxygens (including phenoxy) is 1. The van der Waals surface area contributed by atoms with Crippen LogP contribution in [0, 0.1) is 5.92 Å². The van der Waals surface area contributed by atoms with Crippen molar-refractivity contribution in [2.24, 2.45) is 11.7 Å². The average molecular weight is 311 g/mol. The van der Waals surface area contributed by atoms with Gasteiger partial charge in [-0.2, -0.15) is 0 Å². The van der Waals surface area contributed by atoms with Crippen molar-refractivity contribution in [3.05, 3.63) is 34.9 Å². The Balaban J connectivity index is 1.92. The minimum atomic E-state index is -0.173. The monoisotopic (exact) mass is 310 g/mol. The number of nitrogens with two attached hydrogens (primary N) is 1. The molecule has 2 N–H and O–H groups in total. The summed E-state index contributed by atoms with van der Waals surface area (Å²) < 4.78 is 5.01. The van der Waals surface area contributed by atoms with Gasteiger partial charge in [0.15, 0.2) is 0 Å². The number of esters is 1. The Morgan fingerprint density at radius 3 is 3.00 bits per heavy atom. The van der Waals surface area contributed by atoms with Gasteiger partial charge in [-0.25, -0.2) is 0 Å². The molecule has 0 aromatic heterocycles. The zero-order valence-corrected chi connectivity index (χ0v) is 13.2. The number of halogens is 1. The van der Waals surface area contributed by atoms with Crippen LogP contribution in [0.4, 0.5) is 0 Å². The SMILES string of the molecule is CCOC(=O)CN1CC(N)CC(Cc2cccc(Cl)c2)C1. The van der Waals surface area contributed by atoms with Gasteiger partial charge in [0.1, 0.15) is 0 Å². The second kappa shape index (κ2) is 7.78. The molecule has 5 heteroatoms. The topological polar surface area (TPSA) is 55.6 Å². The molecular formula is C16H23ClN2O2. The lowest BCUT2D eigenvalue weighted by molar-refractivity contribution is -0.144. The van der Waals surface area contributed by atoms with E-state index in [4.69, 9.17) is 22.1 Å². The second-order valence-electron chi connectivity index (χ2n) is 5.69. The van der Waals surface area contributed by atoms with Crippen molar-refractivity contribution in [1.82, 2.24) is 4.90 Å². The number of carbonyl (C=O) groups excluding carboxylic acids is 1. The highest BCUT2D eigenvalue weighted by atomic mass is 35.5. The molecule has 0 amide bonds. The molecule has 1 heterocycles. The molecular weight excluding hydrogens is 288 g/mol. The molecule has 116 valence electrons. The Kier molecular flexibility index (Phi) is 6.03. The van der Waals surface area contributed by atoms with Gasteiger partial charge in [-0.15, -0.1) is 0 Å². The smallest absolute Gasteiger partial charge is 0.320 e. The molecule has 0 radical (unpaired) electrons. The van der Waals surface area contributed by atoms with Crippen LogP contribution < -0.4 is 5.73 Å². The van der Waals surface area contributed by atoms with Crippen molar-refractivity contribution in [2.75, 3.05) is 26.2 Å². The molecule has 0 aliphatic carbocycles. The van der Waals surface area contributed by atoms with Crippen LogP contribution >= 0.6 is 11.6 Å². The first kappa shape index (κ1) is 16.3. The van der Waals surface area contributed by atoms with Crippen molar-refractivity contribution in [3.8, 4) is 0 Å². The molecule has 1 fully saturated rings. The maximum absolute atomic E-state index is 11.6. The van der Waals surface area contributed by atoms with Gasteiger partial charge >= 0.3 is 5.97 Å². The van der Waals surface area contributed by atoms with Crippen molar-refractivity contribution in [1.29, 1.82) is 0 Å². The number of likely N-dealkylation sites (tertiary alicyclic amines) is 1. The first-order valence-electron chi connectivity index (χ1n) is 7.44. The van der Waals surface area contributed by atoms with Crippen molar-refractivity contribution in [2.45, 2.75) is 25.8 Å². The lowest BCUT2D eigenvalue weighted by atomic mass is 9.89. The molecule has 2 unspecified atom stereocenters. The van der Waals surface area contributed by atoms with E-state index in [-0.39, 0.29) is 12.0 Å². The minimum Gasteiger partial charge on any atom is -0.465 e. The van der Waals surface area contributed by atoms with Crippen LogP contribution in [0.25, 0.3) is 0 Å². The number of carbonyl (C=O) groups is 1. The van der Waals surface area contributed by atoms with Crippen molar-refractivity contribution < 1.29 is 9.53 Å². The summed E-state index contributed by atoms with van der Waals surface area (Å²) in [6.07, 6.45) is 1.92. The number of nitrogens with zero attached hydrogens (tertiary/aromatic N) is 1. The van der Waals surface area contributed by atoms with E-state index < -0.39 is 0 Å². The van der Waals surface area contributed by atoms with E-state index >= 15 is 0 Å². The fourth-order valence-electron chi connectivity index (χ4n) is 3.01. The van der Waals surface area contributed by atoms with Gasteiger partial charge in [0, 0.05) is 24.2 Å². The lowest BCUT2D eigenvalue weighted by Gasteiger charge is -2.35. The Labute approximate surface area is 131 Å². The molecule has 1 aliphatic heterocycles. The second-order valence-corrected chi connectivity index (χ2v) is 6.13. The van der Waals surface area contributed by atoms with Crippen LogP contribution in [-0.2, 0) is 16.0 Å². The van der Waals surface area contributed by atoms with Gasteiger partial charge in [-0.1, -0.05) is 23.7 Å². The Hall–Kier alpha value is -1.10. The number of benzene rings is 1. The molecule has 0 bridgehead atoms. The molecule has 21 heavy (non-hydrogen) atoms. The Bertz CT molecular complexity index is 481. The summed E-state index contributed by atoms with van der Waals surface area (Å²) in [5.41, 5.74) is 7.35. The van der Waals surface area contributed by atoms with E-state index in [1.807, 2.05) is 25.1 Å².